The van der Waals surface area contributed by atoms with E-state index in [2.05, 4.69) is 6.58 Å². The fourth-order valence-corrected chi connectivity index (χ4v) is 2.67. The lowest BCUT2D eigenvalue weighted by Crippen LogP contribution is -2.09. The standard InChI is InChI=1S/C21H27NO5/c1-4-20(23)26-13-9-7-5-6-8-12-25-18-15-21(24)27-19-14-16(22(2)3)10-11-17(18)19/h4,10-11,14-15H,1,5-9,12-13H2,2-3H3. The molecule has 1 aromatic heterocycles. The maximum atomic E-state index is 11.8. The molecule has 0 bridgehead atoms. The smallest absolute Gasteiger partial charge is 0.339 e. The van der Waals surface area contributed by atoms with Crippen molar-refractivity contribution in [2.24, 2.45) is 0 Å². The van der Waals surface area contributed by atoms with Gasteiger partial charge in [0, 0.05) is 31.9 Å². The van der Waals surface area contributed by atoms with Crippen molar-refractivity contribution in [2.75, 3.05) is 32.2 Å². The Bertz CT molecular complexity index is 825. The maximum Gasteiger partial charge on any atom is 0.339 e. The van der Waals surface area contributed by atoms with Gasteiger partial charge >= 0.3 is 11.6 Å². The van der Waals surface area contributed by atoms with Gasteiger partial charge in [0.1, 0.15) is 11.3 Å². The van der Waals surface area contributed by atoms with E-state index in [1.165, 1.54) is 12.1 Å². The van der Waals surface area contributed by atoms with E-state index >= 15 is 0 Å². The molecule has 1 aromatic carbocycles. The Hall–Kier alpha value is -2.76. The van der Waals surface area contributed by atoms with Crippen LogP contribution >= 0.6 is 0 Å². The summed E-state index contributed by atoms with van der Waals surface area (Å²) in [5.74, 6) is 0.184. The summed E-state index contributed by atoms with van der Waals surface area (Å²) in [7, 11) is 3.87. The molecule has 27 heavy (non-hydrogen) atoms. The lowest BCUT2D eigenvalue weighted by molar-refractivity contribution is -0.137. The summed E-state index contributed by atoms with van der Waals surface area (Å²) in [6, 6.07) is 7.11. The molecular formula is C21H27NO5. The Labute approximate surface area is 159 Å². The SMILES string of the molecule is C=CC(=O)OCCCCCCCOc1cc(=O)oc2cc(N(C)C)ccc12. The van der Waals surface area contributed by atoms with Crippen molar-refractivity contribution < 1.29 is 18.7 Å². The minimum atomic E-state index is -0.414. The molecule has 0 saturated carbocycles. The van der Waals surface area contributed by atoms with Crippen molar-refractivity contribution >= 4 is 22.6 Å². The number of benzene rings is 1. The summed E-state index contributed by atoms with van der Waals surface area (Å²) in [6.45, 7) is 4.33. The van der Waals surface area contributed by atoms with E-state index in [1.807, 2.05) is 37.2 Å². The molecule has 1 heterocycles. The lowest BCUT2D eigenvalue weighted by Gasteiger charge is -2.13. The molecule has 6 heteroatoms. The van der Waals surface area contributed by atoms with Crippen molar-refractivity contribution in [3.8, 4) is 5.75 Å². The summed E-state index contributed by atoms with van der Waals surface area (Å²) in [4.78, 5) is 24.6. The van der Waals surface area contributed by atoms with Gasteiger partial charge in [0.05, 0.1) is 24.7 Å². The van der Waals surface area contributed by atoms with Crippen LogP contribution in [0, 0.1) is 0 Å². The zero-order valence-corrected chi connectivity index (χ0v) is 16.0. The van der Waals surface area contributed by atoms with E-state index in [-0.39, 0.29) is 5.97 Å². The monoisotopic (exact) mass is 373 g/mol. The number of fused-ring (bicyclic) bond motifs is 1. The third-order valence-corrected chi connectivity index (χ3v) is 4.16. The van der Waals surface area contributed by atoms with Crippen LogP contribution in [0.1, 0.15) is 32.1 Å². The summed E-state index contributed by atoms with van der Waals surface area (Å²) >= 11 is 0. The number of hydrogen-bond acceptors (Lipinski definition) is 6. The summed E-state index contributed by atoms with van der Waals surface area (Å²) in [5.41, 5.74) is 1.07. The van der Waals surface area contributed by atoms with E-state index in [1.54, 1.807) is 0 Å². The van der Waals surface area contributed by atoms with E-state index in [4.69, 9.17) is 13.9 Å². The van der Waals surface area contributed by atoms with Crippen molar-refractivity contribution in [1.82, 2.24) is 0 Å². The summed E-state index contributed by atoms with van der Waals surface area (Å²) in [6.07, 6.45) is 5.96. The van der Waals surface area contributed by atoms with Gasteiger partial charge in [-0.25, -0.2) is 9.59 Å². The second kappa shape index (κ2) is 10.4. The van der Waals surface area contributed by atoms with Crippen LogP contribution in [-0.4, -0.2) is 33.3 Å². The van der Waals surface area contributed by atoms with Gasteiger partial charge in [-0.05, 0) is 25.0 Å². The number of rotatable bonds is 11. The topological polar surface area (TPSA) is 69.0 Å². The minimum Gasteiger partial charge on any atom is -0.493 e. The molecule has 0 fully saturated rings. The highest BCUT2D eigenvalue weighted by atomic mass is 16.5. The van der Waals surface area contributed by atoms with Gasteiger partial charge in [-0.3, -0.25) is 0 Å². The molecule has 6 nitrogen and oxygen atoms in total. The predicted molar refractivity (Wildman–Crippen MR) is 107 cm³/mol. The summed E-state index contributed by atoms with van der Waals surface area (Å²) in [5, 5.41) is 0.796. The van der Waals surface area contributed by atoms with E-state index < -0.39 is 5.63 Å². The predicted octanol–water partition coefficient (Wildman–Crippen LogP) is 3.92. The maximum absolute atomic E-state index is 11.8. The Balaban J connectivity index is 1.77. The van der Waals surface area contributed by atoms with Crippen molar-refractivity contribution in [1.29, 1.82) is 0 Å². The first-order valence-corrected chi connectivity index (χ1v) is 9.18. The number of nitrogens with zero attached hydrogens (tertiary/aromatic N) is 1. The summed E-state index contributed by atoms with van der Waals surface area (Å²) < 4.78 is 16.0. The van der Waals surface area contributed by atoms with Crippen LogP contribution in [0.4, 0.5) is 5.69 Å². The lowest BCUT2D eigenvalue weighted by atomic mass is 10.1. The number of carbonyl (C=O) groups excluding carboxylic acids is 1. The molecule has 146 valence electrons. The van der Waals surface area contributed by atoms with Gasteiger partial charge in [0.2, 0.25) is 0 Å². The molecule has 2 rings (SSSR count). The molecular weight excluding hydrogens is 346 g/mol. The number of anilines is 1. The van der Waals surface area contributed by atoms with Crippen molar-refractivity contribution in [3.05, 3.63) is 47.3 Å². The third kappa shape index (κ3) is 6.47. The average molecular weight is 373 g/mol. The number of hydrogen-bond donors (Lipinski definition) is 0. The molecule has 0 amide bonds. The largest absolute Gasteiger partial charge is 0.493 e. The molecule has 0 spiro atoms. The van der Waals surface area contributed by atoms with Crippen LogP contribution in [0.15, 0.2) is 46.1 Å². The third-order valence-electron chi connectivity index (χ3n) is 4.16. The normalized spacial score (nSPS) is 10.6. The zero-order valence-electron chi connectivity index (χ0n) is 16.0. The number of carbonyl (C=O) groups is 1. The van der Waals surface area contributed by atoms with Gasteiger partial charge in [0.25, 0.3) is 0 Å². The van der Waals surface area contributed by atoms with Crippen LogP contribution in [0.2, 0.25) is 0 Å². The molecule has 0 atom stereocenters. The van der Waals surface area contributed by atoms with Crippen LogP contribution in [0.5, 0.6) is 5.75 Å². The Morgan fingerprint density at radius 3 is 2.52 bits per heavy atom. The first kappa shape index (κ1) is 20.6. The zero-order chi connectivity index (χ0) is 19.6. The first-order chi connectivity index (χ1) is 13.0. The fraction of sp³-hybridized carbons (Fsp3) is 0.429. The highest BCUT2D eigenvalue weighted by molar-refractivity contribution is 5.86. The number of esters is 1. The Morgan fingerprint density at radius 2 is 1.81 bits per heavy atom. The Morgan fingerprint density at radius 1 is 1.11 bits per heavy atom. The van der Waals surface area contributed by atoms with Gasteiger partial charge in [0.15, 0.2) is 0 Å². The molecule has 0 unspecified atom stereocenters. The second-order valence-corrected chi connectivity index (χ2v) is 6.49. The molecule has 2 aromatic rings. The molecule has 0 radical (unpaired) electrons. The quantitative estimate of drug-likeness (QED) is 0.257. The second-order valence-electron chi connectivity index (χ2n) is 6.49. The van der Waals surface area contributed by atoms with Gasteiger partial charge in [-0.1, -0.05) is 25.8 Å². The number of ether oxygens (including phenoxy) is 2. The van der Waals surface area contributed by atoms with Crippen LogP contribution in [0.25, 0.3) is 11.0 Å². The van der Waals surface area contributed by atoms with Gasteiger partial charge in [-0.2, -0.15) is 0 Å². The average Bonchev–Trinajstić information content (AvgIpc) is 2.65. The first-order valence-electron chi connectivity index (χ1n) is 9.18. The minimum absolute atomic E-state index is 0.374. The molecule has 0 aliphatic heterocycles. The van der Waals surface area contributed by atoms with Crippen LogP contribution < -0.4 is 15.3 Å². The molecule has 0 saturated heterocycles. The van der Waals surface area contributed by atoms with E-state index in [0.29, 0.717) is 24.5 Å². The van der Waals surface area contributed by atoms with E-state index in [9.17, 15) is 9.59 Å². The van der Waals surface area contributed by atoms with Crippen LogP contribution in [-0.2, 0) is 9.53 Å². The van der Waals surface area contributed by atoms with Crippen molar-refractivity contribution in [2.45, 2.75) is 32.1 Å². The van der Waals surface area contributed by atoms with Gasteiger partial charge in [-0.15, -0.1) is 0 Å². The highest BCUT2D eigenvalue weighted by Gasteiger charge is 2.08. The van der Waals surface area contributed by atoms with Gasteiger partial charge < -0.3 is 18.8 Å². The molecule has 0 N–H and O–H groups in total. The fourth-order valence-electron chi connectivity index (χ4n) is 2.67. The molecule has 0 aliphatic carbocycles. The Kier molecular flexibility index (Phi) is 7.92. The van der Waals surface area contributed by atoms with Crippen LogP contribution in [0.3, 0.4) is 0 Å². The molecule has 0 aliphatic rings. The van der Waals surface area contributed by atoms with E-state index in [0.717, 1.165) is 43.2 Å². The van der Waals surface area contributed by atoms with Crippen molar-refractivity contribution in [3.63, 3.8) is 0 Å². The number of unbranched alkanes of at least 4 members (excludes halogenated alkanes) is 4. The highest BCUT2D eigenvalue weighted by Crippen LogP contribution is 2.27.